The Bertz CT molecular complexity index is 396. The molecule has 2 rings (SSSR count). The molecule has 2 atom stereocenters. The van der Waals surface area contributed by atoms with Gasteiger partial charge < -0.3 is 19.7 Å². The van der Waals surface area contributed by atoms with E-state index >= 15 is 0 Å². The van der Waals surface area contributed by atoms with Crippen molar-refractivity contribution >= 4 is 0 Å². The predicted octanol–water partition coefficient (Wildman–Crippen LogP) is 3.05. The number of ether oxygens (including phenoxy) is 2. The Kier molecular flexibility index (Phi) is 6.11. The first-order chi connectivity index (χ1) is 10.8. The van der Waals surface area contributed by atoms with Gasteiger partial charge >= 0.3 is 0 Å². The second-order valence-electron chi connectivity index (χ2n) is 7.94. The Balaban J connectivity index is 1.86. The highest BCUT2D eigenvalue weighted by atomic mass is 16.7. The third kappa shape index (κ3) is 4.69. The van der Waals surface area contributed by atoms with E-state index in [0.717, 1.165) is 37.9 Å². The molecular formula is C18H33NO4. The fourth-order valence-electron chi connectivity index (χ4n) is 3.78. The van der Waals surface area contributed by atoms with E-state index in [9.17, 15) is 5.11 Å². The third-order valence-electron chi connectivity index (χ3n) is 5.36. The molecule has 2 unspecified atom stereocenters. The van der Waals surface area contributed by atoms with Gasteiger partial charge in [-0.3, -0.25) is 4.90 Å². The molecule has 23 heavy (non-hydrogen) atoms. The second kappa shape index (κ2) is 7.51. The van der Waals surface area contributed by atoms with Gasteiger partial charge in [0.15, 0.2) is 5.79 Å². The van der Waals surface area contributed by atoms with Crippen LogP contribution in [0.15, 0.2) is 12.3 Å². The van der Waals surface area contributed by atoms with Gasteiger partial charge in [-0.1, -0.05) is 27.7 Å². The molecule has 2 aliphatic rings. The van der Waals surface area contributed by atoms with Crippen molar-refractivity contribution < 1.29 is 19.7 Å². The second-order valence-corrected chi connectivity index (χ2v) is 7.94. The molecule has 2 fully saturated rings. The van der Waals surface area contributed by atoms with Crippen molar-refractivity contribution in [3.63, 3.8) is 0 Å². The molecule has 0 amide bonds. The molecule has 0 radical (unpaired) electrons. The van der Waals surface area contributed by atoms with Crippen molar-refractivity contribution in [3.05, 3.63) is 12.3 Å². The van der Waals surface area contributed by atoms with Crippen molar-refractivity contribution in [2.75, 3.05) is 19.7 Å². The molecule has 1 saturated carbocycles. The summed E-state index contributed by atoms with van der Waals surface area (Å²) in [6.07, 6.45) is 5.63. The molecule has 0 bridgehead atoms. The van der Waals surface area contributed by atoms with E-state index in [-0.39, 0.29) is 6.10 Å². The van der Waals surface area contributed by atoms with E-state index in [0.29, 0.717) is 25.1 Å². The van der Waals surface area contributed by atoms with Crippen molar-refractivity contribution in [1.82, 2.24) is 4.90 Å². The molecule has 134 valence electrons. The summed E-state index contributed by atoms with van der Waals surface area (Å²) < 4.78 is 12.3. The van der Waals surface area contributed by atoms with E-state index in [1.807, 2.05) is 11.8 Å². The summed E-state index contributed by atoms with van der Waals surface area (Å²) in [5.74, 6) is 0.312. The SMILES string of the molecule is CCN(CC1COC2(CCC(C(C)(C)C)CC2)O1)C(O)/C=C\O. The highest BCUT2D eigenvalue weighted by Crippen LogP contribution is 2.45. The van der Waals surface area contributed by atoms with Gasteiger partial charge in [0, 0.05) is 19.4 Å². The molecule has 1 aliphatic heterocycles. The van der Waals surface area contributed by atoms with E-state index < -0.39 is 12.0 Å². The van der Waals surface area contributed by atoms with Gasteiger partial charge in [-0.15, -0.1) is 0 Å². The van der Waals surface area contributed by atoms with E-state index in [2.05, 4.69) is 20.8 Å². The lowest BCUT2D eigenvalue weighted by Gasteiger charge is -2.41. The maximum Gasteiger partial charge on any atom is 0.168 e. The van der Waals surface area contributed by atoms with Gasteiger partial charge in [0.25, 0.3) is 0 Å². The number of aliphatic hydroxyl groups excluding tert-OH is 2. The first kappa shape index (κ1) is 18.7. The Morgan fingerprint density at radius 3 is 2.48 bits per heavy atom. The standard InChI is InChI=1S/C18H33NO4/c1-5-19(16(21)8-11-20)12-15-13-22-18(23-15)9-6-14(7-10-18)17(2,3)4/h8,11,14-16,20-21H,5-7,9-10,12-13H2,1-4H3/b11-8-. The minimum Gasteiger partial charge on any atom is -0.516 e. The summed E-state index contributed by atoms with van der Waals surface area (Å²) in [7, 11) is 0. The topological polar surface area (TPSA) is 62.2 Å². The van der Waals surface area contributed by atoms with Gasteiger partial charge in [-0.05, 0) is 36.8 Å². The zero-order valence-electron chi connectivity index (χ0n) is 15.0. The number of hydrogen-bond donors (Lipinski definition) is 2. The predicted molar refractivity (Wildman–Crippen MR) is 90.0 cm³/mol. The highest BCUT2D eigenvalue weighted by Gasteiger charge is 2.46. The fourth-order valence-corrected chi connectivity index (χ4v) is 3.78. The molecule has 2 N–H and O–H groups in total. The van der Waals surface area contributed by atoms with Gasteiger partial charge in [0.1, 0.15) is 6.23 Å². The lowest BCUT2D eigenvalue weighted by Crippen LogP contribution is -2.42. The van der Waals surface area contributed by atoms with Crippen LogP contribution >= 0.6 is 0 Å². The van der Waals surface area contributed by atoms with Crippen LogP contribution in [0.4, 0.5) is 0 Å². The molecule has 0 aromatic carbocycles. The average molecular weight is 327 g/mol. The van der Waals surface area contributed by atoms with E-state index in [4.69, 9.17) is 14.6 Å². The third-order valence-corrected chi connectivity index (χ3v) is 5.36. The summed E-state index contributed by atoms with van der Waals surface area (Å²) in [5, 5.41) is 18.8. The zero-order valence-corrected chi connectivity index (χ0v) is 15.0. The van der Waals surface area contributed by atoms with Crippen LogP contribution in [0.25, 0.3) is 0 Å². The normalized spacial score (nSPS) is 33.8. The zero-order chi connectivity index (χ0) is 17.1. The Labute approximate surface area is 140 Å². The Morgan fingerprint density at radius 2 is 1.96 bits per heavy atom. The molecule has 0 aromatic heterocycles. The van der Waals surface area contributed by atoms with Crippen LogP contribution in [0.5, 0.6) is 0 Å². The van der Waals surface area contributed by atoms with Crippen LogP contribution in [0.1, 0.15) is 53.4 Å². The molecule has 5 heteroatoms. The molecular weight excluding hydrogens is 294 g/mol. The quantitative estimate of drug-likeness (QED) is 0.600. The van der Waals surface area contributed by atoms with E-state index in [1.165, 1.54) is 6.08 Å². The first-order valence-corrected chi connectivity index (χ1v) is 8.84. The Morgan fingerprint density at radius 1 is 1.30 bits per heavy atom. The van der Waals surface area contributed by atoms with Crippen molar-refractivity contribution in [1.29, 1.82) is 0 Å². The molecule has 0 aromatic rings. The summed E-state index contributed by atoms with van der Waals surface area (Å²) >= 11 is 0. The summed E-state index contributed by atoms with van der Waals surface area (Å²) in [6, 6.07) is 0. The lowest BCUT2D eigenvalue weighted by molar-refractivity contribution is -0.198. The summed E-state index contributed by atoms with van der Waals surface area (Å²) in [5.41, 5.74) is 0.347. The van der Waals surface area contributed by atoms with Crippen molar-refractivity contribution in [2.45, 2.75) is 71.5 Å². The highest BCUT2D eigenvalue weighted by molar-refractivity contribution is 4.90. The molecule has 1 spiro atoms. The average Bonchev–Trinajstić information content (AvgIpc) is 2.87. The van der Waals surface area contributed by atoms with Crippen molar-refractivity contribution in [2.24, 2.45) is 11.3 Å². The molecule has 1 saturated heterocycles. The van der Waals surface area contributed by atoms with Crippen LogP contribution in [-0.4, -0.2) is 52.9 Å². The number of aliphatic hydroxyl groups is 2. The van der Waals surface area contributed by atoms with Crippen LogP contribution < -0.4 is 0 Å². The molecule has 1 heterocycles. The maximum absolute atomic E-state index is 9.98. The maximum atomic E-state index is 9.98. The van der Waals surface area contributed by atoms with Gasteiger partial charge in [-0.2, -0.15) is 0 Å². The van der Waals surface area contributed by atoms with Crippen LogP contribution in [0.3, 0.4) is 0 Å². The molecule has 1 aliphatic carbocycles. The first-order valence-electron chi connectivity index (χ1n) is 8.84. The smallest absolute Gasteiger partial charge is 0.168 e. The van der Waals surface area contributed by atoms with Gasteiger partial charge in [0.05, 0.1) is 19.0 Å². The molecule has 5 nitrogen and oxygen atoms in total. The summed E-state index contributed by atoms with van der Waals surface area (Å²) in [6.45, 7) is 10.8. The van der Waals surface area contributed by atoms with Crippen LogP contribution in [0, 0.1) is 11.3 Å². The number of rotatable bonds is 5. The van der Waals surface area contributed by atoms with Gasteiger partial charge in [0.2, 0.25) is 0 Å². The largest absolute Gasteiger partial charge is 0.516 e. The number of nitrogens with zero attached hydrogens (tertiary/aromatic N) is 1. The van der Waals surface area contributed by atoms with Crippen LogP contribution in [-0.2, 0) is 9.47 Å². The minimum absolute atomic E-state index is 0.0251. The fraction of sp³-hybridized carbons (Fsp3) is 0.889. The van der Waals surface area contributed by atoms with E-state index in [1.54, 1.807) is 0 Å². The monoisotopic (exact) mass is 327 g/mol. The van der Waals surface area contributed by atoms with Crippen molar-refractivity contribution in [3.8, 4) is 0 Å². The summed E-state index contributed by atoms with van der Waals surface area (Å²) in [4.78, 5) is 1.86. The Hall–Kier alpha value is -0.620. The van der Waals surface area contributed by atoms with Crippen LogP contribution in [0.2, 0.25) is 0 Å². The number of likely N-dealkylation sites (N-methyl/N-ethyl adjacent to an activating group) is 1. The number of hydrogen-bond acceptors (Lipinski definition) is 5. The lowest BCUT2D eigenvalue weighted by atomic mass is 9.71. The minimum atomic E-state index is -0.790. The van der Waals surface area contributed by atoms with Gasteiger partial charge in [-0.25, -0.2) is 0 Å².